The zero-order valence-electron chi connectivity index (χ0n) is 23.3. The molecule has 0 spiro atoms. The molecule has 1 N–H and O–H groups in total. The van der Waals surface area contributed by atoms with Gasteiger partial charge in [-0.1, -0.05) is 27.7 Å². The number of methoxy groups -OCH3 is 5. The maximum absolute atomic E-state index is 11.6. The summed E-state index contributed by atoms with van der Waals surface area (Å²) < 4.78 is 35.5. The van der Waals surface area contributed by atoms with Crippen molar-refractivity contribution in [2.24, 2.45) is 11.8 Å². The minimum atomic E-state index is -1.43. The molecule has 0 fully saturated rings. The van der Waals surface area contributed by atoms with E-state index in [0.29, 0.717) is 0 Å². The van der Waals surface area contributed by atoms with E-state index in [9.17, 15) is 14.7 Å². The van der Waals surface area contributed by atoms with Gasteiger partial charge in [-0.3, -0.25) is 0 Å². The van der Waals surface area contributed by atoms with Crippen LogP contribution < -0.4 is 28.4 Å². The normalized spacial score (nSPS) is 12.8. The molecule has 212 valence electrons. The number of rotatable bonds is 12. The van der Waals surface area contributed by atoms with Gasteiger partial charge in [0.05, 0.1) is 47.7 Å². The second-order valence-electron chi connectivity index (χ2n) is 8.45. The number of carboxylic acid groups (broad SMARTS) is 1. The molecular weight excluding hydrogens is 504 g/mol. The molecule has 2 atom stereocenters. The van der Waals surface area contributed by atoms with E-state index in [1.165, 1.54) is 54.6 Å². The molecular formula is C24H36N4O10. The first-order valence-corrected chi connectivity index (χ1v) is 11.5. The highest BCUT2D eigenvalue weighted by atomic mass is 16.6. The lowest BCUT2D eigenvalue weighted by Crippen LogP contribution is -2.46. The average Bonchev–Trinajstić information content (AvgIpc) is 2.90. The largest absolute Gasteiger partial charge is 0.481 e. The number of aromatic nitrogens is 4. The average molecular weight is 541 g/mol. The standard InChI is InChI=1S/2C12H18N2O5/c1-7(2)12(3,10(15)16)19-11-13-8(17-4)6-9(14-11)18-5;1-7(2)10(11(15)18-5)19-12-13-8(16-3)6-9(14-12)17-4/h6-7H,1-5H3,(H,15,16);6-7,10H,1-5H3. The molecule has 0 radical (unpaired) electrons. The van der Waals surface area contributed by atoms with Crippen LogP contribution in [-0.2, 0) is 14.3 Å². The second-order valence-corrected chi connectivity index (χ2v) is 8.45. The fourth-order valence-corrected chi connectivity index (χ4v) is 2.57. The van der Waals surface area contributed by atoms with Crippen LogP contribution in [-0.4, -0.2) is 84.2 Å². The first-order chi connectivity index (χ1) is 17.8. The number of esters is 1. The molecule has 2 aromatic rings. The molecule has 0 aliphatic rings. The van der Waals surface area contributed by atoms with Crippen LogP contribution in [0.25, 0.3) is 0 Å². The summed E-state index contributed by atoms with van der Waals surface area (Å²) in [5.41, 5.74) is -1.43. The van der Waals surface area contributed by atoms with Gasteiger partial charge in [-0.2, -0.15) is 19.9 Å². The van der Waals surface area contributed by atoms with Crippen molar-refractivity contribution in [2.45, 2.75) is 46.3 Å². The number of hydrogen-bond acceptors (Lipinski definition) is 13. The fraction of sp³-hybridized carbons (Fsp3) is 0.583. The Labute approximate surface area is 221 Å². The number of hydrogen-bond donors (Lipinski definition) is 1. The van der Waals surface area contributed by atoms with Crippen molar-refractivity contribution < 1.29 is 47.9 Å². The van der Waals surface area contributed by atoms with Crippen molar-refractivity contribution in [1.29, 1.82) is 0 Å². The van der Waals surface area contributed by atoms with Gasteiger partial charge in [0.2, 0.25) is 35.2 Å². The predicted molar refractivity (Wildman–Crippen MR) is 133 cm³/mol. The lowest BCUT2D eigenvalue weighted by atomic mass is 9.92. The van der Waals surface area contributed by atoms with Gasteiger partial charge in [0.25, 0.3) is 0 Å². The summed E-state index contributed by atoms with van der Waals surface area (Å²) in [7, 11) is 7.10. The van der Waals surface area contributed by atoms with Crippen LogP contribution in [0.3, 0.4) is 0 Å². The molecule has 0 saturated heterocycles. The first-order valence-electron chi connectivity index (χ1n) is 11.5. The molecule has 2 heterocycles. The van der Waals surface area contributed by atoms with Gasteiger partial charge in [-0.05, 0) is 6.92 Å². The van der Waals surface area contributed by atoms with Crippen LogP contribution >= 0.6 is 0 Å². The molecule has 2 rings (SSSR count). The van der Waals surface area contributed by atoms with E-state index in [1.807, 2.05) is 13.8 Å². The third-order valence-electron chi connectivity index (χ3n) is 5.25. The molecule has 2 aromatic heterocycles. The van der Waals surface area contributed by atoms with E-state index in [-0.39, 0.29) is 47.4 Å². The van der Waals surface area contributed by atoms with Gasteiger partial charge in [0.1, 0.15) is 0 Å². The fourth-order valence-electron chi connectivity index (χ4n) is 2.57. The van der Waals surface area contributed by atoms with Crippen molar-refractivity contribution in [3.05, 3.63) is 12.1 Å². The van der Waals surface area contributed by atoms with E-state index < -0.39 is 23.6 Å². The lowest BCUT2D eigenvalue weighted by molar-refractivity contribution is -0.158. The van der Waals surface area contributed by atoms with Crippen molar-refractivity contribution >= 4 is 11.9 Å². The van der Waals surface area contributed by atoms with Gasteiger partial charge in [0.15, 0.2) is 0 Å². The van der Waals surface area contributed by atoms with Crippen molar-refractivity contribution in [1.82, 2.24) is 19.9 Å². The van der Waals surface area contributed by atoms with Gasteiger partial charge < -0.3 is 38.3 Å². The molecule has 0 saturated carbocycles. The molecule has 0 aliphatic carbocycles. The molecule has 0 aliphatic heterocycles. The van der Waals surface area contributed by atoms with Crippen LogP contribution in [0.2, 0.25) is 0 Å². The van der Waals surface area contributed by atoms with E-state index in [4.69, 9.17) is 28.4 Å². The second kappa shape index (κ2) is 14.6. The summed E-state index contributed by atoms with van der Waals surface area (Å²) in [4.78, 5) is 38.8. The lowest BCUT2D eigenvalue weighted by Gasteiger charge is -2.28. The van der Waals surface area contributed by atoms with E-state index >= 15 is 0 Å². The van der Waals surface area contributed by atoms with Crippen LogP contribution in [0.5, 0.6) is 35.5 Å². The van der Waals surface area contributed by atoms with Crippen molar-refractivity contribution in [3.63, 3.8) is 0 Å². The van der Waals surface area contributed by atoms with Crippen LogP contribution in [0.1, 0.15) is 34.6 Å². The van der Waals surface area contributed by atoms with Crippen LogP contribution in [0.15, 0.2) is 12.1 Å². The zero-order valence-corrected chi connectivity index (χ0v) is 23.3. The summed E-state index contributed by atoms with van der Waals surface area (Å²) in [5.74, 6) is -0.896. The molecule has 38 heavy (non-hydrogen) atoms. The summed E-state index contributed by atoms with van der Waals surface area (Å²) >= 11 is 0. The maximum atomic E-state index is 11.6. The number of carboxylic acids is 1. The van der Waals surface area contributed by atoms with Gasteiger partial charge in [-0.15, -0.1) is 0 Å². The van der Waals surface area contributed by atoms with Crippen molar-refractivity contribution in [2.75, 3.05) is 35.5 Å². The van der Waals surface area contributed by atoms with Crippen LogP contribution in [0, 0.1) is 11.8 Å². The summed E-state index contributed by atoms with van der Waals surface area (Å²) in [6.45, 7) is 8.62. The Morgan fingerprint density at radius 1 is 0.763 bits per heavy atom. The van der Waals surface area contributed by atoms with E-state index in [0.717, 1.165) is 0 Å². The molecule has 0 amide bonds. The number of carbonyl (C=O) groups is 2. The van der Waals surface area contributed by atoms with Gasteiger partial charge >= 0.3 is 24.0 Å². The molecule has 0 bridgehead atoms. The minimum absolute atomic E-state index is 0.000278. The van der Waals surface area contributed by atoms with Gasteiger partial charge in [0, 0.05) is 11.8 Å². The first kappa shape index (κ1) is 31.9. The van der Waals surface area contributed by atoms with Crippen molar-refractivity contribution in [3.8, 4) is 35.5 Å². The topological polar surface area (TPSA) is 171 Å². The smallest absolute Gasteiger partial charge is 0.348 e. The Kier molecular flexibility index (Phi) is 12.3. The Hall–Kier alpha value is -4.10. The molecule has 14 heteroatoms. The van der Waals surface area contributed by atoms with Gasteiger partial charge in [-0.25, -0.2) is 9.59 Å². The predicted octanol–water partition coefficient (Wildman–Crippen LogP) is 2.44. The third-order valence-corrected chi connectivity index (χ3v) is 5.25. The van der Waals surface area contributed by atoms with Crippen LogP contribution in [0.4, 0.5) is 0 Å². The molecule has 2 unspecified atom stereocenters. The highest BCUT2D eigenvalue weighted by Gasteiger charge is 2.40. The summed E-state index contributed by atoms with van der Waals surface area (Å²) in [6, 6.07) is 2.88. The number of aliphatic carboxylic acids is 1. The maximum Gasteiger partial charge on any atom is 0.348 e. The molecule has 14 nitrogen and oxygen atoms in total. The SMILES string of the molecule is COC(=O)C(Oc1nc(OC)cc(OC)n1)C(C)C.COc1cc(OC)nc(OC(C)(C(=O)O)C(C)C)n1. The number of nitrogens with zero attached hydrogens (tertiary/aromatic N) is 4. The molecule has 0 aromatic carbocycles. The highest BCUT2D eigenvalue weighted by Crippen LogP contribution is 2.26. The Bertz CT molecular complexity index is 1020. The number of ether oxygens (including phenoxy) is 7. The number of carbonyl (C=O) groups excluding carboxylic acids is 1. The van der Waals surface area contributed by atoms with E-state index in [1.54, 1.807) is 13.8 Å². The highest BCUT2D eigenvalue weighted by molar-refractivity contribution is 5.77. The summed E-state index contributed by atoms with van der Waals surface area (Å²) in [5, 5.41) is 9.27. The quantitative estimate of drug-likeness (QED) is 0.389. The Morgan fingerprint density at radius 2 is 1.16 bits per heavy atom. The zero-order chi connectivity index (χ0) is 29.0. The third kappa shape index (κ3) is 8.78. The minimum Gasteiger partial charge on any atom is -0.481 e. The Morgan fingerprint density at radius 3 is 1.45 bits per heavy atom. The summed E-state index contributed by atoms with van der Waals surface area (Å²) in [6.07, 6.45) is -0.790. The van der Waals surface area contributed by atoms with E-state index in [2.05, 4.69) is 24.7 Å². The Balaban J connectivity index is 0.000000380. The monoisotopic (exact) mass is 540 g/mol.